The lowest BCUT2D eigenvalue weighted by Gasteiger charge is -2.51. The molecule has 0 aliphatic heterocycles. The van der Waals surface area contributed by atoms with Crippen molar-refractivity contribution >= 4 is 5.97 Å². The summed E-state index contributed by atoms with van der Waals surface area (Å²) >= 11 is 0. The number of hydrogen-bond acceptors (Lipinski definition) is 3. The van der Waals surface area contributed by atoms with Gasteiger partial charge in [0.25, 0.3) is 0 Å². The number of fused-ring (bicyclic) bond motifs is 1. The van der Waals surface area contributed by atoms with Crippen molar-refractivity contribution in [3.05, 3.63) is 0 Å². The SMILES string of the molecule is CC(=O)O[C@H]1CCC[C@]2(C)[C@@H]([C@H](C)CCCC(C)C)CC[C@@]12O. The number of aliphatic hydroxyl groups is 1. The minimum absolute atomic E-state index is 0.109. The lowest BCUT2D eigenvalue weighted by atomic mass is 9.59. The molecule has 0 aromatic heterocycles. The maximum Gasteiger partial charge on any atom is 0.303 e. The van der Waals surface area contributed by atoms with E-state index in [-0.39, 0.29) is 17.5 Å². The Hall–Kier alpha value is -0.570. The van der Waals surface area contributed by atoms with E-state index < -0.39 is 5.60 Å². The largest absolute Gasteiger partial charge is 0.459 e. The van der Waals surface area contributed by atoms with Gasteiger partial charge >= 0.3 is 5.97 Å². The van der Waals surface area contributed by atoms with Crippen LogP contribution in [0.3, 0.4) is 0 Å². The number of hydrogen-bond donors (Lipinski definition) is 1. The van der Waals surface area contributed by atoms with Gasteiger partial charge in [-0.3, -0.25) is 4.79 Å². The van der Waals surface area contributed by atoms with Crippen LogP contribution in [0.15, 0.2) is 0 Å². The average molecular weight is 325 g/mol. The van der Waals surface area contributed by atoms with Gasteiger partial charge in [-0.2, -0.15) is 0 Å². The molecule has 0 saturated heterocycles. The predicted octanol–water partition coefficient (Wildman–Crippen LogP) is 4.71. The van der Waals surface area contributed by atoms with E-state index in [1.807, 2.05) is 0 Å². The molecule has 0 bridgehead atoms. The zero-order valence-corrected chi connectivity index (χ0v) is 15.7. The molecule has 0 amide bonds. The summed E-state index contributed by atoms with van der Waals surface area (Å²) in [6.45, 7) is 10.6. The van der Waals surface area contributed by atoms with E-state index in [0.29, 0.717) is 11.8 Å². The van der Waals surface area contributed by atoms with Crippen LogP contribution in [0.4, 0.5) is 0 Å². The molecule has 0 radical (unpaired) electrons. The van der Waals surface area contributed by atoms with Gasteiger partial charge in [0, 0.05) is 12.3 Å². The summed E-state index contributed by atoms with van der Waals surface area (Å²) in [6, 6.07) is 0. The highest BCUT2D eigenvalue weighted by Gasteiger charge is 2.63. The van der Waals surface area contributed by atoms with E-state index in [0.717, 1.165) is 38.0 Å². The molecule has 0 aromatic rings. The smallest absolute Gasteiger partial charge is 0.303 e. The van der Waals surface area contributed by atoms with Gasteiger partial charge in [0.2, 0.25) is 0 Å². The van der Waals surface area contributed by atoms with E-state index in [4.69, 9.17) is 4.74 Å². The third kappa shape index (κ3) is 3.60. The molecular weight excluding hydrogens is 288 g/mol. The van der Waals surface area contributed by atoms with Crippen molar-refractivity contribution in [2.75, 3.05) is 0 Å². The highest BCUT2D eigenvalue weighted by atomic mass is 16.6. The third-order valence-corrected chi connectivity index (χ3v) is 6.77. The molecular formula is C20H36O3. The van der Waals surface area contributed by atoms with Crippen LogP contribution in [0.5, 0.6) is 0 Å². The Bertz CT molecular complexity index is 419. The topological polar surface area (TPSA) is 46.5 Å². The van der Waals surface area contributed by atoms with Crippen LogP contribution in [0.1, 0.15) is 86.0 Å². The third-order valence-electron chi connectivity index (χ3n) is 6.77. The zero-order chi connectivity index (χ0) is 17.3. The van der Waals surface area contributed by atoms with Gasteiger partial charge < -0.3 is 9.84 Å². The molecule has 3 heteroatoms. The van der Waals surface area contributed by atoms with E-state index in [2.05, 4.69) is 27.7 Å². The summed E-state index contributed by atoms with van der Waals surface area (Å²) in [7, 11) is 0. The van der Waals surface area contributed by atoms with Gasteiger partial charge in [-0.15, -0.1) is 0 Å². The molecule has 2 rings (SSSR count). The summed E-state index contributed by atoms with van der Waals surface area (Å²) in [5.74, 6) is 1.67. The van der Waals surface area contributed by atoms with Crippen LogP contribution in [0.25, 0.3) is 0 Å². The first-order chi connectivity index (χ1) is 10.7. The van der Waals surface area contributed by atoms with Crippen LogP contribution in [-0.4, -0.2) is 22.8 Å². The van der Waals surface area contributed by atoms with Crippen LogP contribution in [-0.2, 0) is 9.53 Å². The van der Waals surface area contributed by atoms with Crippen molar-refractivity contribution in [2.45, 2.75) is 97.7 Å². The van der Waals surface area contributed by atoms with Gasteiger partial charge in [-0.1, -0.05) is 47.0 Å². The fourth-order valence-electron chi connectivity index (χ4n) is 5.44. The molecule has 5 atom stereocenters. The molecule has 2 saturated carbocycles. The number of carbonyl (C=O) groups is 1. The van der Waals surface area contributed by atoms with Gasteiger partial charge in [-0.05, 0) is 49.9 Å². The Morgan fingerprint density at radius 1 is 1.22 bits per heavy atom. The van der Waals surface area contributed by atoms with Crippen molar-refractivity contribution in [1.82, 2.24) is 0 Å². The van der Waals surface area contributed by atoms with Crippen LogP contribution in [0.2, 0.25) is 0 Å². The maximum atomic E-state index is 11.4. The van der Waals surface area contributed by atoms with Crippen molar-refractivity contribution in [3.8, 4) is 0 Å². The second kappa shape index (κ2) is 7.13. The molecule has 2 aliphatic rings. The first-order valence-electron chi connectivity index (χ1n) is 9.60. The second-order valence-corrected chi connectivity index (χ2v) is 8.78. The molecule has 0 heterocycles. The highest BCUT2D eigenvalue weighted by Crippen LogP contribution is 2.61. The Kier molecular flexibility index (Phi) is 5.81. The van der Waals surface area contributed by atoms with Crippen LogP contribution >= 0.6 is 0 Å². The highest BCUT2D eigenvalue weighted by molar-refractivity contribution is 5.66. The minimum atomic E-state index is -0.826. The molecule has 134 valence electrons. The molecule has 0 spiro atoms. The van der Waals surface area contributed by atoms with Gasteiger partial charge in [0.05, 0.1) is 0 Å². The molecule has 3 nitrogen and oxygen atoms in total. The molecule has 2 aliphatic carbocycles. The Balaban J connectivity index is 2.08. The summed E-state index contributed by atoms with van der Waals surface area (Å²) < 4.78 is 5.53. The Morgan fingerprint density at radius 3 is 2.52 bits per heavy atom. The number of ether oxygens (including phenoxy) is 1. The average Bonchev–Trinajstić information content (AvgIpc) is 2.71. The fraction of sp³-hybridized carbons (Fsp3) is 0.950. The van der Waals surface area contributed by atoms with Crippen LogP contribution in [0, 0.1) is 23.2 Å². The molecule has 1 N–H and O–H groups in total. The maximum absolute atomic E-state index is 11.4. The standard InChI is InChI=1S/C20H36O3/c1-14(2)8-6-9-15(3)17-11-13-20(22)18(23-16(4)21)10-7-12-19(17,20)5/h14-15,17-18,22H,6-13H2,1-5H3/t15-,17-,18+,19-,20-/m1/s1. The minimum Gasteiger partial charge on any atom is -0.459 e. The van der Waals surface area contributed by atoms with E-state index in [1.54, 1.807) is 0 Å². The van der Waals surface area contributed by atoms with Gasteiger partial charge in [-0.25, -0.2) is 0 Å². The van der Waals surface area contributed by atoms with Gasteiger partial charge in [0.15, 0.2) is 0 Å². The zero-order valence-electron chi connectivity index (χ0n) is 15.7. The van der Waals surface area contributed by atoms with E-state index >= 15 is 0 Å². The normalized spacial score (nSPS) is 38.4. The quantitative estimate of drug-likeness (QED) is 0.720. The Labute approximate surface area is 142 Å². The lowest BCUT2D eigenvalue weighted by molar-refractivity contribution is -0.199. The van der Waals surface area contributed by atoms with Crippen molar-refractivity contribution in [3.63, 3.8) is 0 Å². The summed E-state index contributed by atoms with van der Waals surface area (Å²) in [6.07, 6.45) is 8.24. The summed E-state index contributed by atoms with van der Waals surface area (Å²) in [5.41, 5.74) is -0.934. The van der Waals surface area contributed by atoms with Crippen molar-refractivity contribution in [2.24, 2.45) is 23.2 Å². The first-order valence-corrected chi connectivity index (χ1v) is 9.60. The summed E-state index contributed by atoms with van der Waals surface area (Å²) in [5, 5.41) is 11.4. The van der Waals surface area contributed by atoms with Crippen molar-refractivity contribution in [1.29, 1.82) is 0 Å². The molecule has 0 unspecified atom stereocenters. The molecule has 2 fully saturated rings. The van der Waals surface area contributed by atoms with Crippen molar-refractivity contribution < 1.29 is 14.6 Å². The van der Waals surface area contributed by atoms with E-state index in [1.165, 1.54) is 26.2 Å². The number of esters is 1. The Morgan fingerprint density at radius 2 is 1.91 bits per heavy atom. The first kappa shape index (κ1) is 18.8. The monoisotopic (exact) mass is 324 g/mol. The van der Waals surface area contributed by atoms with Crippen LogP contribution < -0.4 is 0 Å². The number of rotatable bonds is 6. The van der Waals surface area contributed by atoms with Gasteiger partial charge in [0.1, 0.15) is 11.7 Å². The van der Waals surface area contributed by atoms with E-state index in [9.17, 15) is 9.90 Å². The number of carbonyl (C=O) groups excluding carboxylic acids is 1. The molecule has 23 heavy (non-hydrogen) atoms. The molecule has 0 aromatic carbocycles. The summed E-state index contributed by atoms with van der Waals surface area (Å²) in [4.78, 5) is 11.4. The fourth-order valence-corrected chi connectivity index (χ4v) is 5.44. The lowest BCUT2D eigenvalue weighted by Crippen LogP contribution is -2.58. The predicted molar refractivity (Wildman–Crippen MR) is 93.0 cm³/mol. The second-order valence-electron chi connectivity index (χ2n) is 8.78.